The molecule has 8 amide bonds. The molecule has 0 saturated carbocycles. The van der Waals surface area contributed by atoms with E-state index in [2.05, 4.69) is 26.7 Å². The van der Waals surface area contributed by atoms with Gasteiger partial charge in [0, 0.05) is 32.9 Å². The predicted octanol–water partition coefficient (Wildman–Crippen LogP) is 2.88. The Morgan fingerprint density at radius 2 is 1.44 bits per heavy atom. The largest absolute Gasteiger partial charge is 0.481 e. The second kappa shape index (κ2) is 27.3. The summed E-state index contributed by atoms with van der Waals surface area (Å²) < 4.78 is 6.22. The van der Waals surface area contributed by atoms with Gasteiger partial charge in [0.25, 0.3) is 11.8 Å². The predicted molar refractivity (Wildman–Crippen MR) is 246 cm³/mol. The Kier molecular flexibility index (Phi) is 22.3. The van der Waals surface area contributed by atoms with E-state index < -0.39 is 127 Å². The quantitative estimate of drug-likeness (QED) is 0.0526. The molecule has 0 unspecified atom stereocenters. The van der Waals surface area contributed by atoms with E-state index in [0.717, 1.165) is 18.1 Å². The molecule has 1 aliphatic heterocycles. The standard InChI is InChI=1S/C47H68N8O13/c1-8-10-23-54(47(66)48-30(6)33-19-15-12-16-20-33)52-43(62)37-24-34(68-27-32-17-13-11-14-18-32)26-53(37)46(65)40(28(3)4)51-44(63)41(29(5)9-2)55(67)45(64)35(21-22-38(57)58)50-42(61)36(25-39(59)60)49-31(7)56/h11-20,28-30,34-37,40-41,67H,8-10,21-27H2,1-7H3,(H,48,66)(H,49,56)(H,50,61)(H,51,63)(H,52,62)(H,57,58)(H,59,60)/t29-,30-,34+,35+,36-,37-,40-,41-/m0/s1. The van der Waals surface area contributed by atoms with Crippen LogP contribution >= 0.6 is 0 Å². The number of unbranched alkanes of at least 4 members (excludes halogenated alkanes) is 1. The van der Waals surface area contributed by atoms with E-state index in [1.165, 1.54) is 16.8 Å². The number of likely N-dealkylation sites (tertiary alicyclic amines) is 1. The van der Waals surface area contributed by atoms with Crippen molar-refractivity contribution in [3.8, 4) is 0 Å². The summed E-state index contributed by atoms with van der Waals surface area (Å²) in [4.78, 5) is 120. The second-order valence-electron chi connectivity index (χ2n) is 17.3. The Morgan fingerprint density at radius 3 is 2.00 bits per heavy atom. The van der Waals surface area contributed by atoms with Crippen molar-refractivity contribution in [1.29, 1.82) is 0 Å². The summed E-state index contributed by atoms with van der Waals surface area (Å²) >= 11 is 0. The molecule has 1 fully saturated rings. The number of benzene rings is 2. The van der Waals surface area contributed by atoms with Crippen LogP contribution in [-0.2, 0) is 49.7 Å². The van der Waals surface area contributed by atoms with Crippen LogP contribution in [0.25, 0.3) is 0 Å². The molecule has 8 N–H and O–H groups in total. The van der Waals surface area contributed by atoms with E-state index in [1.807, 2.05) is 74.5 Å². The van der Waals surface area contributed by atoms with E-state index in [-0.39, 0.29) is 37.6 Å². The smallest absolute Gasteiger partial charge is 0.336 e. The molecule has 374 valence electrons. The van der Waals surface area contributed by atoms with E-state index in [1.54, 1.807) is 20.8 Å². The number of carbonyl (C=O) groups is 9. The molecule has 1 heterocycles. The van der Waals surface area contributed by atoms with Gasteiger partial charge < -0.3 is 41.1 Å². The molecule has 0 aromatic heterocycles. The lowest BCUT2D eigenvalue weighted by Gasteiger charge is -2.35. The zero-order valence-corrected chi connectivity index (χ0v) is 39.8. The van der Waals surface area contributed by atoms with Gasteiger partial charge in [0.2, 0.25) is 23.6 Å². The topological polar surface area (TPSA) is 293 Å². The summed E-state index contributed by atoms with van der Waals surface area (Å²) in [5.41, 5.74) is 4.41. The number of hydrogen-bond acceptors (Lipinski definition) is 11. The van der Waals surface area contributed by atoms with Gasteiger partial charge >= 0.3 is 18.0 Å². The first-order valence-electron chi connectivity index (χ1n) is 22.9. The molecule has 1 saturated heterocycles. The van der Waals surface area contributed by atoms with Crippen LogP contribution in [-0.4, -0.2) is 133 Å². The van der Waals surface area contributed by atoms with Crippen LogP contribution in [0.1, 0.15) is 111 Å². The Labute approximate surface area is 396 Å². The number of nitrogens with zero attached hydrogens (tertiary/aromatic N) is 3. The third kappa shape index (κ3) is 16.9. The molecule has 68 heavy (non-hydrogen) atoms. The number of hydroxylamine groups is 2. The number of ether oxygens (including phenoxy) is 1. The van der Waals surface area contributed by atoms with Crippen molar-refractivity contribution in [3.63, 3.8) is 0 Å². The van der Waals surface area contributed by atoms with Crippen LogP contribution in [0.5, 0.6) is 0 Å². The highest BCUT2D eigenvalue weighted by Gasteiger charge is 2.45. The van der Waals surface area contributed by atoms with Crippen molar-refractivity contribution in [3.05, 3.63) is 71.8 Å². The fourth-order valence-electron chi connectivity index (χ4n) is 7.51. The number of carboxylic acids is 2. The van der Waals surface area contributed by atoms with E-state index in [0.29, 0.717) is 12.8 Å². The van der Waals surface area contributed by atoms with Crippen molar-refractivity contribution in [2.75, 3.05) is 13.1 Å². The number of urea groups is 1. The second-order valence-corrected chi connectivity index (χ2v) is 17.3. The molecule has 1 aliphatic rings. The Hall–Kier alpha value is -6.61. The molecular formula is C47H68N8O13. The SMILES string of the molecule is CCCCN(NC(=O)[C@@H]1C[C@@H](OCc2ccccc2)CN1C(=O)[C@@H](NC(=O)[C@H]([C@@H](C)CC)N(O)C(=O)[C@@H](CCC(=O)O)NC(=O)[C@H](CC(=O)O)NC(C)=O)C(C)C)C(=O)N[C@@H](C)c1ccccc1. The summed E-state index contributed by atoms with van der Waals surface area (Å²) in [5.74, 6) is -9.95. The minimum Gasteiger partial charge on any atom is -0.481 e. The van der Waals surface area contributed by atoms with Crippen molar-refractivity contribution in [1.82, 2.24) is 41.7 Å². The normalized spacial score (nSPS) is 17.0. The molecule has 0 bridgehead atoms. The monoisotopic (exact) mass is 952 g/mol. The van der Waals surface area contributed by atoms with Crippen LogP contribution in [0.15, 0.2) is 60.7 Å². The molecule has 0 aliphatic carbocycles. The third-order valence-electron chi connectivity index (χ3n) is 11.5. The molecule has 0 spiro atoms. The molecule has 21 nitrogen and oxygen atoms in total. The summed E-state index contributed by atoms with van der Waals surface area (Å²) in [6.45, 7) is 11.5. The molecular weight excluding hydrogens is 885 g/mol. The number of nitrogens with one attached hydrogen (secondary N) is 5. The highest BCUT2D eigenvalue weighted by molar-refractivity contribution is 5.97. The van der Waals surface area contributed by atoms with Crippen molar-refractivity contribution in [2.45, 2.75) is 142 Å². The average Bonchev–Trinajstić information content (AvgIpc) is 3.74. The Balaban J connectivity index is 1.94. The van der Waals surface area contributed by atoms with Crippen LogP contribution < -0.4 is 26.7 Å². The van der Waals surface area contributed by atoms with E-state index >= 15 is 0 Å². The van der Waals surface area contributed by atoms with Gasteiger partial charge in [0.15, 0.2) is 0 Å². The zero-order chi connectivity index (χ0) is 50.7. The number of carboxylic acid groups (broad SMARTS) is 2. The maximum atomic E-state index is 14.8. The summed E-state index contributed by atoms with van der Waals surface area (Å²) in [7, 11) is 0. The van der Waals surface area contributed by atoms with Crippen molar-refractivity contribution in [2.24, 2.45) is 11.8 Å². The van der Waals surface area contributed by atoms with Crippen molar-refractivity contribution < 1.29 is 63.3 Å². The number of carbonyl (C=O) groups excluding carboxylic acids is 7. The van der Waals surface area contributed by atoms with E-state index in [4.69, 9.17) is 4.74 Å². The molecule has 8 atom stereocenters. The lowest BCUT2D eigenvalue weighted by atomic mass is 9.95. The fourth-order valence-corrected chi connectivity index (χ4v) is 7.51. The first-order chi connectivity index (χ1) is 32.2. The summed E-state index contributed by atoms with van der Waals surface area (Å²) in [6.07, 6.45) is -1.39. The minimum absolute atomic E-state index is 0.0277. The van der Waals surface area contributed by atoms with Gasteiger partial charge in [0.05, 0.1) is 25.2 Å². The van der Waals surface area contributed by atoms with E-state index in [9.17, 15) is 58.6 Å². The van der Waals surface area contributed by atoms with Crippen molar-refractivity contribution >= 4 is 53.4 Å². The van der Waals surface area contributed by atoms with Gasteiger partial charge in [-0.15, -0.1) is 0 Å². The van der Waals surface area contributed by atoms with Crippen LogP contribution in [0, 0.1) is 11.8 Å². The molecule has 2 aromatic rings. The summed E-state index contributed by atoms with van der Waals surface area (Å²) in [6, 6.07) is 9.78. The number of hydrazine groups is 1. The van der Waals surface area contributed by atoms with Gasteiger partial charge in [-0.2, -0.15) is 0 Å². The van der Waals surface area contributed by atoms with Gasteiger partial charge in [-0.25, -0.2) is 14.9 Å². The van der Waals surface area contributed by atoms with Crippen LogP contribution in [0.2, 0.25) is 0 Å². The summed E-state index contributed by atoms with van der Waals surface area (Å²) in [5, 5.41) is 41.4. The zero-order valence-electron chi connectivity index (χ0n) is 39.8. The highest BCUT2D eigenvalue weighted by atomic mass is 16.5. The molecule has 21 heteroatoms. The lowest BCUT2D eigenvalue weighted by Crippen LogP contribution is -2.62. The van der Waals surface area contributed by atoms with Crippen LogP contribution in [0.3, 0.4) is 0 Å². The third-order valence-corrected chi connectivity index (χ3v) is 11.5. The van der Waals surface area contributed by atoms with Gasteiger partial charge in [-0.3, -0.25) is 49.0 Å². The number of rotatable bonds is 25. The Morgan fingerprint density at radius 1 is 0.809 bits per heavy atom. The number of hydrogen-bond donors (Lipinski definition) is 8. The average molecular weight is 953 g/mol. The van der Waals surface area contributed by atoms with Gasteiger partial charge in [-0.05, 0) is 42.7 Å². The maximum Gasteiger partial charge on any atom is 0.336 e. The maximum absolute atomic E-state index is 14.8. The Bertz CT molecular complexity index is 2030. The number of amides is 8. The molecule has 3 rings (SSSR count). The fraction of sp³-hybridized carbons (Fsp3) is 0.553. The number of aliphatic carboxylic acids is 2. The lowest BCUT2D eigenvalue weighted by molar-refractivity contribution is -0.187. The minimum atomic E-state index is -1.81. The first-order valence-corrected chi connectivity index (χ1v) is 22.9. The highest BCUT2D eigenvalue weighted by Crippen LogP contribution is 2.26. The first kappa shape index (κ1) is 55.7. The van der Waals surface area contributed by atoms with Crippen LogP contribution in [0.4, 0.5) is 4.79 Å². The van der Waals surface area contributed by atoms with Gasteiger partial charge in [-0.1, -0.05) is 108 Å². The van der Waals surface area contributed by atoms with Gasteiger partial charge in [0.1, 0.15) is 30.2 Å². The molecule has 2 aromatic carbocycles. The molecule has 0 radical (unpaired) electrons.